The largest absolute Gasteiger partial charge is 0.457 e. The first-order valence-corrected chi connectivity index (χ1v) is 18.9. The molecule has 9 aromatic rings. The first kappa shape index (κ1) is 31.6. The molecule has 1 aliphatic rings. The van der Waals surface area contributed by atoms with Gasteiger partial charge in [-0.25, -0.2) is 4.98 Å². The summed E-state index contributed by atoms with van der Waals surface area (Å²) in [6.45, 7) is 7.55. The Balaban J connectivity index is 1.13. The molecule has 0 radical (unpaired) electrons. The summed E-state index contributed by atoms with van der Waals surface area (Å²) in [5, 5.41) is 4.77. The van der Waals surface area contributed by atoms with E-state index in [1.165, 1.54) is 53.6 Å². The highest BCUT2D eigenvalue weighted by Crippen LogP contribution is 2.44. The lowest BCUT2D eigenvalue weighted by Gasteiger charge is -2.25. The van der Waals surface area contributed by atoms with Crippen LogP contribution in [0.5, 0.6) is 11.5 Å². The van der Waals surface area contributed by atoms with E-state index in [1.807, 2.05) is 17.5 Å². The summed E-state index contributed by atoms with van der Waals surface area (Å²) in [6.07, 6.45) is 2.04. The summed E-state index contributed by atoms with van der Waals surface area (Å²) in [7, 11) is 2.15. The molecule has 0 spiro atoms. The first-order chi connectivity index (χ1) is 25.8. The molecule has 0 amide bonds. The van der Waals surface area contributed by atoms with Crippen molar-refractivity contribution >= 4 is 70.4 Å². The molecule has 0 unspecified atom stereocenters. The maximum absolute atomic E-state index is 6.86. The Hall–Kier alpha value is -6.11. The first-order valence-electron chi connectivity index (χ1n) is 18.1. The van der Waals surface area contributed by atoms with Crippen LogP contribution in [-0.2, 0) is 5.41 Å². The van der Waals surface area contributed by atoms with Crippen molar-refractivity contribution in [2.24, 2.45) is 0 Å². The Morgan fingerprint density at radius 2 is 1.40 bits per heavy atom. The van der Waals surface area contributed by atoms with Gasteiger partial charge in [-0.2, -0.15) is 0 Å². The number of para-hydroxylation sites is 2. The molecule has 0 bridgehead atoms. The molecule has 4 heterocycles. The van der Waals surface area contributed by atoms with Crippen LogP contribution in [0.2, 0.25) is 0 Å². The number of rotatable bonds is 5. The van der Waals surface area contributed by atoms with Crippen molar-refractivity contribution in [1.29, 1.82) is 0 Å². The molecule has 10 rings (SSSR count). The number of nitrogens with zero attached hydrogens (tertiary/aromatic N) is 4. The summed E-state index contributed by atoms with van der Waals surface area (Å²) in [4.78, 5) is 9.77. The fraction of sp³-hybridized carbons (Fsp3) is 0.128. The van der Waals surface area contributed by atoms with Crippen LogP contribution >= 0.6 is 11.3 Å². The number of pyridine rings is 1. The van der Waals surface area contributed by atoms with Crippen LogP contribution in [0.3, 0.4) is 0 Å². The summed E-state index contributed by atoms with van der Waals surface area (Å²) in [5.74, 6) is 2.49. The molecule has 6 heteroatoms. The Morgan fingerprint density at radius 3 is 2.25 bits per heavy atom. The lowest BCUT2D eigenvalue weighted by Crippen LogP contribution is -2.24. The molecule has 0 saturated heterocycles. The average molecular weight is 707 g/mol. The highest BCUT2D eigenvalue weighted by atomic mass is 32.1. The second-order valence-electron chi connectivity index (χ2n) is 15.1. The van der Waals surface area contributed by atoms with Crippen LogP contribution in [0.25, 0.3) is 58.9 Å². The third-order valence-corrected chi connectivity index (χ3v) is 11.7. The summed E-state index contributed by atoms with van der Waals surface area (Å²) >= 11 is 1.81. The minimum absolute atomic E-state index is 0.0665. The van der Waals surface area contributed by atoms with Crippen LogP contribution in [-0.4, -0.2) is 23.3 Å². The topological polar surface area (TPSA) is 33.5 Å². The molecule has 3 aromatic heterocycles. The van der Waals surface area contributed by atoms with Gasteiger partial charge in [0.25, 0.3) is 0 Å². The Labute approximate surface area is 312 Å². The van der Waals surface area contributed by atoms with Crippen molar-refractivity contribution in [3.63, 3.8) is 0 Å². The Bertz CT molecular complexity index is 2860. The smallest absolute Gasteiger partial charge is 0.138 e. The summed E-state index contributed by atoms with van der Waals surface area (Å²) in [5.41, 5.74) is 9.26. The van der Waals surface area contributed by atoms with Gasteiger partial charge < -0.3 is 14.5 Å². The molecule has 258 valence electrons. The van der Waals surface area contributed by atoms with Gasteiger partial charge in [-0.3, -0.25) is 4.57 Å². The van der Waals surface area contributed by atoms with Gasteiger partial charge in [0.2, 0.25) is 0 Å². The van der Waals surface area contributed by atoms with E-state index in [1.54, 1.807) is 0 Å². The van der Waals surface area contributed by atoms with Crippen LogP contribution in [0.4, 0.5) is 17.1 Å². The maximum atomic E-state index is 6.86. The number of fused-ring (bicyclic) bond motifs is 7. The maximum Gasteiger partial charge on any atom is 0.138 e. The molecule has 1 aliphatic heterocycles. The van der Waals surface area contributed by atoms with Crippen molar-refractivity contribution in [3.05, 3.63) is 151 Å². The highest BCUT2D eigenvalue weighted by Gasteiger charge is 2.26. The molecule has 6 aromatic carbocycles. The third kappa shape index (κ3) is 5.32. The van der Waals surface area contributed by atoms with E-state index in [9.17, 15) is 0 Å². The fourth-order valence-electron chi connectivity index (χ4n) is 7.82. The summed E-state index contributed by atoms with van der Waals surface area (Å²) < 4.78 is 11.6. The van der Waals surface area contributed by atoms with Gasteiger partial charge in [-0.05, 0) is 82.8 Å². The highest BCUT2D eigenvalue weighted by molar-refractivity contribution is 7.25. The minimum atomic E-state index is -0.0665. The lowest BCUT2D eigenvalue weighted by molar-refractivity contribution is 0.479. The minimum Gasteiger partial charge on any atom is -0.457 e. The van der Waals surface area contributed by atoms with Crippen molar-refractivity contribution in [3.8, 4) is 28.4 Å². The molecular weight excluding hydrogens is 669 g/mol. The molecule has 5 nitrogen and oxygen atoms in total. The van der Waals surface area contributed by atoms with E-state index in [0.29, 0.717) is 0 Å². The number of hydrogen-bond acceptors (Lipinski definition) is 5. The quantitative estimate of drug-likeness (QED) is 0.178. The van der Waals surface area contributed by atoms with Crippen LogP contribution in [0.15, 0.2) is 146 Å². The predicted octanol–water partition coefficient (Wildman–Crippen LogP) is 12.8. The number of thiophene rings is 1. The van der Waals surface area contributed by atoms with Gasteiger partial charge >= 0.3 is 0 Å². The molecule has 53 heavy (non-hydrogen) atoms. The van der Waals surface area contributed by atoms with E-state index in [2.05, 4.69) is 182 Å². The third-order valence-electron chi connectivity index (χ3n) is 10.6. The second-order valence-corrected chi connectivity index (χ2v) is 16.2. The van der Waals surface area contributed by atoms with Crippen LogP contribution in [0.1, 0.15) is 26.3 Å². The van der Waals surface area contributed by atoms with Gasteiger partial charge in [-0.15, -0.1) is 11.3 Å². The monoisotopic (exact) mass is 706 g/mol. The number of hydrogen-bond donors (Lipinski definition) is 0. The lowest BCUT2D eigenvalue weighted by atomic mass is 9.86. The number of aromatic nitrogens is 2. The molecule has 0 aliphatic carbocycles. The van der Waals surface area contributed by atoms with Crippen LogP contribution in [0, 0.1) is 0 Å². The van der Waals surface area contributed by atoms with Crippen molar-refractivity contribution < 1.29 is 4.74 Å². The fourth-order valence-corrected chi connectivity index (χ4v) is 8.93. The summed E-state index contributed by atoms with van der Waals surface area (Å²) in [6, 6.07) is 49.9. The number of ether oxygens (including phenoxy) is 1. The standard InChI is InChI=1S/C47H38N4OS/c1-47(2,3)32-23-33(50-29-49(4)41-15-9-10-16-42(41)50)25-35(24-32)52-34-19-20-36-38-22-31(30-12-6-5-7-13-30)18-21-40(38)51(43(36)26-34)46-27-45-39(28-48-46)37-14-8-11-17-44(37)53-45/h5-28H,29H2,1-4H3. The average Bonchev–Trinajstić information content (AvgIpc) is 3.83. The van der Waals surface area contributed by atoms with Crippen molar-refractivity contribution in [2.45, 2.75) is 26.2 Å². The van der Waals surface area contributed by atoms with E-state index in [0.717, 1.165) is 46.1 Å². The Kier molecular flexibility index (Phi) is 7.14. The van der Waals surface area contributed by atoms with E-state index < -0.39 is 0 Å². The molecule has 0 N–H and O–H groups in total. The molecular formula is C47H38N4OS. The SMILES string of the molecule is CN1CN(c2cc(Oc3ccc4c5cc(-c6ccccc6)ccc5n(-c5cc6sc7ccccc7c6cn5)c4c3)cc(C(C)(C)C)c2)c2ccccc21. The van der Waals surface area contributed by atoms with Crippen molar-refractivity contribution in [1.82, 2.24) is 9.55 Å². The van der Waals surface area contributed by atoms with Gasteiger partial charge in [0, 0.05) is 62.0 Å². The van der Waals surface area contributed by atoms with Gasteiger partial charge in [0.05, 0.1) is 29.1 Å². The zero-order chi connectivity index (χ0) is 35.8. The normalized spacial score (nSPS) is 13.1. The second kappa shape index (κ2) is 12.0. The predicted molar refractivity (Wildman–Crippen MR) is 224 cm³/mol. The number of anilines is 3. The van der Waals surface area contributed by atoms with E-state index >= 15 is 0 Å². The van der Waals surface area contributed by atoms with Crippen LogP contribution < -0.4 is 14.5 Å². The van der Waals surface area contributed by atoms with Crippen molar-refractivity contribution in [2.75, 3.05) is 23.5 Å². The van der Waals surface area contributed by atoms with Gasteiger partial charge in [0.1, 0.15) is 17.3 Å². The number of benzene rings is 6. The zero-order valence-electron chi connectivity index (χ0n) is 30.2. The van der Waals surface area contributed by atoms with E-state index in [4.69, 9.17) is 9.72 Å². The van der Waals surface area contributed by atoms with Gasteiger partial charge in [-0.1, -0.05) is 87.5 Å². The molecule has 0 saturated carbocycles. The Morgan fingerprint density at radius 1 is 0.604 bits per heavy atom. The zero-order valence-corrected chi connectivity index (χ0v) is 31.0. The van der Waals surface area contributed by atoms with Gasteiger partial charge in [0.15, 0.2) is 0 Å². The molecule has 0 atom stereocenters. The van der Waals surface area contributed by atoms with E-state index in [-0.39, 0.29) is 5.41 Å². The molecule has 0 fully saturated rings.